The number of hydrogen-bond acceptors (Lipinski definition) is 3. The smallest absolute Gasteiger partial charge is 0.227 e. The van der Waals surface area contributed by atoms with Gasteiger partial charge in [-0.05, 0) is 74.2 Å². The van der Waals surface area contributed by atoms with E-state index in [0.29, 0.717) is 30.2 Å². The SMILES string of the molecule is Cc1cc(Cl)ccc1OCCCC(=O)Nc1ccc(NC(=O)C2CC2)cc1. The van der Waals surface area contributed by atoms with Crippen LogP contribution in [0.5, 0.6) is 5.75 Å². The third-order valence-electron chi connectivity index (χ3n) is 4.33. The van der Waals surface area contributed by atoms with Crippen LogP contribution < -0.4 is 15.4 Å². The second-order valence-electron chi connectivity index (χ2n) is 6.75. The molecule has 1 saturated carbocycles. The fourth-order valence-corrected chi connectivity index (χ4v) is 2.87. The molecule has 0 radical (unpaired) electrons. The molecule has 2 aromatic carbocycles. The number of halogens is 1. The Morgan fingerprint density at radius 3 is 2.37 bits per heavy atom. The number of hydrogen-bond donors (Lipinski definition) is 2. The summed E-state index contributed by atoms with van der Waals surface area (Å²) < 4.78 is 5.69. The van der Waals surface area contributed by atoms with E-state index in [1.807, 2.05) is 19.1 Å². The van der Waals surface area contributed by atoms with Gasteiger partial charge in [0, 0.05) is 28.7 Å². The maximum Gasteiger partial charge on any atom is 0.227 e. The molecule has 27 heavy (non-hydrogen) atoms. The van der Waals surface area contributed by atoms with Crippen molar-refractivity contribution < 1.29 is 14.3 Å². The third-order valence-corrected chi connectivity index (χ3v) is 4.56. The van der Waals surface area contributed by atoms with E-state index in [1.165, 1.54) is 0 Å². The van der Waals surface area contributed by atoms with Gasteiger partial charge in [0.25, 0.3) is 0 Å². The van der Waals surface area contributed by atoms with Gasteiger partial charge in [-0.15, -0.1) is 0 Å². The number of carbonyl (C=O) groups excluding carboxylic acids is 2. The van der Waals surface area contributed by atoms with Crippen LogP contribution in [0.15, 0.2) is 42.5 Å². The van der Waals surface area contributed by atoms with Gasteiger partial charge in [-0.3, -0.25) is 9.59 Å². The van der Waals surface area contributed by atoms with Crippen LogP contribution in [0.4, 0.5) is 11.4 Å². The first-order valence-electron chi connectivity index (χ1n) is 9.11. The van der Waals surface area contributed by atoms with E-state index in [1.54, 1.807) is 30.3 Å². The van der Waals surface area contributed by atoms with Gasteiger partial charge in [0.15, 0.2) is 0 Å². The monoisotopic (exact) mass is 386 g/mol. The number of benzene rings is 2. The van der Waals surface area contributed by atoms with Gasteiger partial charge in [0.05, 0.1) is 6.61 Å². The molecule has 6 heteroatoms. The van der Waals surface area contributed by atoms with Crippen LogP contribution in [0.1, 0.15) is 31.2 Å². The molecule has 2 aromatic rings. The Morgan fingerprint density at radius 1 is 1.07 bits per heavy atom. The highest BCUT2D eigenvalue weighted by Crippen LogP contribution is 2.30. The minimum atomic E-state index is -0.0683. The Bertz CT molecular complexity index is 817. The first-order valence-corrected chi connectivity index (χ1v) is 9.49. The molecule has 0 saturated heterocycles. The van der Waals surface area contributed by atoms with E-state index in [9.17, 15) is 9.59 Å². The fourth-order valence-electron chi connectivity index (χ4n) is 2.64. The Labute approximate surface area is 164 Å². The predicted molar refractivity (Wildman–Crippen MR) is 107 cm³/mol. The number of nitrogens with one attached hydrogen (secondary N) is 2. The van der Waals surface area contributed by atoms with Crippen LogP contribution in [-0.4, -0.2) is 18.4 Å². The number of carbonyl (C=O) groups is 2. The van der Waals surface area contributed by atoms with Gasteiger partial charge < -0.3 is 15.4 Å². The first-order chi connectivity index (χ1) is 13.0. The summed E-state index contributed by atoms with van der Waals surface area (Å²) in [6.45, 7) is 2.40. The van der Waals surface area contributed by atoms with Gasteiger partial charge in [-0.1, -0.05) is 11.6 Å². The first kappa shape index (κ1) is 19.2. The van der Waals surface area contributed by atoms with Crippen LogP contribution in [0.25, 0.3) is 0 Å². The molecule has 1 fully saturated rings. The second kappa shape index (κ2) is 8.91. The Kier molecular flexibility index (Phi) is 6.35. The molecule has 1 aliphatic carbocycles. The summed E-state index contributed by atoms with van der Waals surface area (Å²) in [5, 5.41) is 6.40. The number of rotatable bonds is 8. The van der Waals surface area contributed by atoms with Gasteiger partial charge in [-0.2, -0.15) is 0 Å². The normalized spacial score (nSPS) is 13.1. The topological polar surface area (TPSA) is 67.4 Å². The average Bonchev–Trinajstić information content (AvgIpc) is 3.47. The number of anilines is 2. The van der Waals surface area contributed by atoms with Gasteiger partial charge in [0.1, 0.15) is 5.75 Å². The zero-order valence-corrected chi connectivity index (χ0v) is 16.0. The van der Waals surface area contributed by atoms with Crippen molar-refractivity contribution in [2.45, 2.75) is 32.6 Å². The molecule has 1 aliphatic rings. The molecule has 2 amide bonds. The molecule has 0 heterocycles. The molecule has 3 rings (SSSR count). The lowest BCUT2D eigenvalue weighted by Gasteiger charge is -2.10. The molecule has 0 spiro atoms. The van der Waals surface area contributed by atoms with Crippen molar-refractivity contribution in [1.29, 1.82) is 0 Å². The maximum atomic E-state index is 12.0. The molecule has 0 aliphatic heterocycles. The van der Waals surface area contributed by atoms with Crippen molar-refractivity contribution in [3.63, 3.8) is 0 Å². The summed E-state index contributed by atoms with van der Waals surface area (Å²) in [4.78, 5) is 23.8. The Hall–Kier alpha value is -2.53. The minimum absolute atomic E-state index is 0.0683. The van der Waals surface area contributed by atoms with E-state index < -0.39 is 0 Å². The van der Waals surface area contributed by atoms with Gasteiger partial charge in [-0.25, -0.2) is 0 Å². The lowest BCUT2D eigenvalue weighted by Crippen LogP contribution is -2.14. The van der Waals surface area contributed by atoms with Crippen LogP contribution in [-0.2, 0) is 9.59 Å². The summed E-state index contributed by atoms with van der Waals surface area (Å²) in [5.41, 5.74) is 2.43. The summed E-state index contributed by atoms with van der Waals surface area (Å²) in [6.07, 6.45) is 2.93. The van der Waals surface area contributed by atoms with E-state index >= 15 is 0 Å². The quantitative estimate of drug-likeness (QED) is 0.640. The lowest BCUT2D eigenvalue weighted by atomic mass is 10.2. The lowest BCUT2D eigenvalue weighted by molar-refractivity contribution is -0.117. The number of ether oxygens (including phenoxy) is 1. The fraction of sp³-hybridized carbons (Fsp3) is 0.333. The highest BCUT2D eigenvalue weighted by molar-refractivity contribution is 6.30. The molecule has 142 valence electrons. The molecule has 0 aromatic heterocycles. The van der Waals surface area contributed by atoms with Gasteiger partial charge in [0.2, 0.25) is 11.8 Å². The molecule has 0 bridgehead atoms. The minimum Gasteiger partial charge on any atom is -0.493 e. The standard InChI is InChI=1S/C21H23ClN2O3/c1-14-13-16(22)6-11-19(14)27-12-2-3-20(25)23-17-7-9-18(10-8-17)24-21(26)15-4-5-15/h6-11,13,15H,2-5,12H2,1H3,(H,23,25)(H,24,26). The second-order valence-corrected chi connectivity index (χ2v) is 7.19. The van der Waals surface area contributed by atoms with E-state index in [4.69, 9.17) is 16.3 Å². The summed E-state index contributed by atoms with van der Waals surface area (Å²) in [7, 11) is 0. The number of aryl methyl sites for hydroxylation is 1. The summed E-state index contributed by atoms with van der Waals surface area (Å²) >= 11 is 5.92. The van der Waals surface area contributed by atoms with Crippen molar-refractivity contribution in [2.75, 3.05) is 17.2 Å². The molecule has 0 unspecified atom stereocenters. The largest absolute Gasteiger partial charge is 0.493 e. The van der Waals surface area contributed by atoms with Crippen LogP contribution in [0, 0.1) is 12.8 Å². The van der Waals surface area contributed by atoms with Crippen molar-refractivity contribution in [3.8, 4) is 5.75 Å². The zero-order chi connectivity index (χ0) is 19.2. The van der Waals surface area contributed by atoms with Crippen molar-refractivity contribution in [3.05, 3.63) is 53.1 Å². The van der Waals surface area contributed by atoms with Crippen LogP contribution in [0.2, 0.25) is 5.02 Å². The summed E-state index contributed by atoms with van der Waals surface area (Å²) in [5.74, 6) is 0.954. The molecule has 0 atom stereocenters. The van der Waals surface area contributed by atoms with Crippen molar-refractivity contribution in [1.82, 2.24) is 0 Å². The van der Waals surface area contributed by atoms with Crippen molar-refractivity contribution in [2.24, 2.45) is 5.92 Å². The molecular formula is C21H23ClN2O3. The molecule has 2 N–H and O–H groups in total. The van der Waals surface area contributed by atoms with E-state index in [-0.39, 0.29) is 17.7 Å². The average molecular weight is 387 g/mol. The van der Waals surface area contributed by atoms with Crippen LogP contribution >= 0.6 is 11.6 Å². The highest BCUT2D eigenvalue weighted by atomic mass is 35.5. The van der Waals surface area contributed by atoms with E-state index in [2.05, 4.69) is 10.6 Å². The zero-order valence-electron chi connectivity index (χ0n) is 15.3. The third kappa shape index (κ3) is 6.00. The van der Waals surface area contributed by atoms with E-state index in [0.717, 1.165) is 29.8 Å². The van der Waals surface area contributed by atoms with Crippen molar-refractivity contribution >= 4 is 34.8 Å². The number of amides is 2. The maximum absolute atomic E-state index is 12.0. The van der Waals surface area contributed by atoms with Crippen LogP contribution in [0.3, 0.4) is 0 Å². The molecule has 5 nitrogen and oxygen atoms in total. The van der Waals surface area contributed by atoms with Gasteiger partial charge >= 0.3 is 0 Å². The summed E-state index contributed by atoms with van der Waals surface area (Å²) in [6, 6.07) is 12.6. The predicted octanol–water partition coefficient (Wildman–Crippen LogP) is 4.79. The molecular weight excluding hydrogens is 364 g/mol. The highest BCUT2D eigenvalue weighted by Gasteiger charge is 2.29. The Morgan fingerprint density at radius 2 is 1.74 bits per heavy atom. The Balaban J connectivity index is 1.37.